The number of ether oxygens (including phenoxy) is 1. The third kappa shape index (κ3) is 2.20. The van der Waals surface area contributed by atoms with E-state index in [1.807, 2.05) is 0 Å². The Morgan fingerprint density at radius 1 is 1.59 bits per heavy atom. The van der Waals surface area contributed by atoms with Gasteiger partial charge in [-0.2, -0.15) is 4.98 Å². The van der Waals surface area contributed by atoms with Gasteiger partial charge in [-0.3, -0.25) is 14.5 Å². The number of amides is 2. The van der Waals surface area contributed by atoms with E-state index in [1.54, 1.807) is 18.2 Å². The average molecular weight is 235 g/mol. The summed E-state index contributed by atoms with van der Waals surface area (Å²) in [7, 11) is 1.50. The number of rotatable bonds is 3. The van der Waals surface area contributed by atoms with Crippen molar-refractivity contribution < 1.29 is 14.3 Å². The van der Waals surface area contributed by atoms with Crippen LogP contribution in [-0.2, 0) is 9.59 Å². The van der Waals surface area contributed by atoms with Gasteiger partial charge in [-0.25, -0.2) is 0 Å². The highest BCUT2D eigenvalue weighted by atomic mass is 16.5. The second-order valence-electron chi connectivity index (χ2n) is 3.85. The van der Waals surface area contributed by atoms with Crippen molar-refractivity contribution in [2.45, 2.75) is 6.42 Å². The maximum Gasteiger partial charge on any atom is 0.229 e. The zero-order chi connectivity index (χ0) is 12.4. The van der Waals surface area contributed by atoms with Crippen LogP contribution in [0.1, 0.15) is 6.42 Å². The van der Waals surface area contributed by atoms with Crippen LogP contribution in [0.4, 0.5) is 5.82 Å². The largest absolute Gasteiger partial charge is 0.481 e. The van der Waals surface area contributed by atoms with Gasteiger partial charge in [0.2, 0.25) is 17.7 Å². The van der Waals surface area contributed by atoms with Crippen LogP contribution in [0.15, 0.2) is 18.2 Å². The average Bonchev–Trinajstić information content (AvgIpc) is 2.72. The molecule has 1 aromatic rings. The van der Waals surface area contributed by atoms with E-state index in [9.17, 15) is 9.59 Å². The summed E-state index contributed by atoms with van der Waals surface area (Å²) in [5.41, 5.74) is 5.19. The van der Waals surface area contributed by atoms with Crippen molar-refractivity contribution in [2.24, 2.45) is 11.7 Å². The van der Waals surface area contributed by atoms with E-state index >= 15 is 0 Å². The molecule has 17 heavy (non-hydrogen) atoms. The molecular formula is C11H13N3O3. The predicted molar refractivity (Wildman–Crippen MR) is 60.4 cm³/mol. The lowest BCUT2D eigenvalue weighted by Crippen LogP contribution is -2.28. The van der Waals surface area contributed by atoms with E-state index in [0.717, 1.165) is 0 Å². The molecule has 0 aliphatic carbocycles. The smallest absolute Gasteiger partial charge is 0.229 e. The highest BCUT2D eigenvalue weighted by molar-refractivity contribution is 5.99. The van der Waals surface area contributed by atoms with Gasteiger partial charge >= 0.3 is 0 Å². The Balaban J connectivity index is 2.22. The molecule has 90 valence electrons. The minimum absolute atomic E-state index is 0.144. The van der Waals surface area contributed by atoms with Crippen molar-refractivity contribution in [2.75, 3.05) is 18.6 Å². The van der Waals surface area contributed by atoms with Crippen LogP contribution < -0.4 is 15.4 Å². The van der Waals surface area contributed by atoms with E-state index in [0.29, 0.717) is 11.7 Å². The molecule has 2 heterocycles. The van der Waals surface area contributed by atoms with Crippen LogP contribution in [0.25, 0.3) is 0 Å². The standard InChI is InChI=1S/C11H13N3O3/c1-17-9-4-2-3-8(13-9)14-6-7(11(12)16)5-10(14)15/h2-4,7H,5-6H2,1H3,(H2,12,16). The summed E-state index contributed by atoms with van der Waals surface area (Å²) in [6.45, 7) is 0.286. The highest BCUT2D eigenvalue weighted by Crippen LogP contribution is 2.24. The molecule has 1 fully saturated rings. The first-order valence-electron chi connectivity index (χ1n) is 5.22. The lowest BCUT2D eigenvalue weighted by molar-refractivity contribution is -0.123. The van der Waals surface area contributed by atoms with Gasteiger partial charge < -0.3 is 10.5 Å². The first-order valence-corrected chi connectivity index (χ1v) is 5.22. The Morgan fingerprint density at radius 2 is 2.35 bits per heavy atom. The van der Waals surface area contributed by atoms with Crippen molar-refractivity contribution >= 4 is 17.6 Å². The minimum atomic E-state index is -0.455. The van der Waals surface area contributed by atoms with E-state index in [-0.39, 0.29) is 18.9 Å². The summed E-state index contributed by atoms with van der Waals surface area (Å²) in [4.78, 5) is 28.4. The molecular weight excluding hydrogens is 222 g/mol. The van der Waals surface area contributed by atoms with Crippen molar-refractivity contribution in [3.8, 4) is 5.88 Å². The molecule has 2 rings (SSSR count). The number of aromatic nitrogens is 1. The van der Waals surface area contributed by atoms with Crippen LogP contribution in [0.3, 0.4) is 0 Å². The van der Waals surface area contributed by atoms with Crippen molar-refractivity contribution in [3.05, 3.63) is 18.2 Å². The first kappa shape index (κ1) is 11.4. The summed E-state index contributed by atoms with van der Waals surface area (Å²) >= 11 is 0. The first-order chi connectivity index (χ1) is 8.11. The fraction of sp³-hybridized carbons (Fsp3) is 0.364. The molecule has 1 aliphatic rings. The molecule has 6 heteroatoms. The van der Waals surface area contributed by atoms with Crippen molar-refractivity contribution in [1.82, 2.24) is 4.98 Å². The number of primary amides is 1. The maximum absolute atomic E-state index is 11.7. The number of pyridine rings is 1. The van der Waals surface area contributed by atoms with Crippen LogP contribution >= 0.6 is 0 Å². The molecule has 0 radical (unpaired) electrons. The number of hydrogen-bond donors (Lipinski definition) is 1. The predicted octanol–water partition coefficient (Wildman–Crippen LogP) is -0.0716. The molecule has 0 bridgehead atoms. The highest BCUT2D eigenvalue weighted by Gasteiger charge is 2.34. The van der Waals surface area contributed by atoms with Gasteiger partial charge in [0, 0.05) is 19.0 Å². The Bertz CT molecular complexity index is 461. The zero-order valence-electron chi connectivity index (χ0n) is 9.42. The van der Waals surface area contributed by atoms with Crippen molar-refractivity contribution in [3.63, 3.8) is 0 Å². The van der Waals surface area contributed by atoms with Gasteiger partial charge in [0.25, 0.3) is 0 Å². The zero-order valence-corrected chi connectivity index (χ0v) is 9.42. The molecule has 1 aliphatic heterocycles. The lowest BCUT2D eigenvalue weighted by Gasteiger charge is -2.15. The molecule has 0 aromatic carbocycles. The number of hydrogen-bond acceptors (Lipinski definition) is 4. The Kier molecular flexibility index (Phi) is 2.95. The van der Waals surface area contributed by atoms with Gasteiger partial charge in [0.15, 0.2) is 0 Å². The fourth-order valence-corrected chi connectivity index (χ4v) is 1.79. The van der Waals surface area contributed by atoms with Crippen LogP contribution in [0, 0.1) is 5.92 Å². The molecule has 0 spiro atoms. The SMILES string of the molecule is COc1cccc(N2CC(C(N)=O)CC2=O)n1. The summed E-state index contributed by atoms with van der Waals surface area (Å²) in [6.07, 6.45) is 0.147. The van der Waals surface area contributed by atoms with Gasteiger partial charge in [-0.05, 0) is 6.07 Å². The minimum Gasteiger partial charge on any atom is -0.481 e. The van der Waals surface area contributed by atoms with Crippen molar-refractivity contribution in [1.29, 1.82) is 0 Å². The summed E-state index contributed by atoms with van der Waals surface area (Å²) in [5, 5.41) is 0. The lowest BCUT2D eigenvalue weighted by atomic mass is 10.1. The normalized spacial score (nSPS) is 19.5. The summed E-state index contributed by atoms with van der Waals surface area (Å²) in [6, 6.07) is 5.13. The number of nitrogens with two attached hydrogens (primary N) is 1. The molecule has 6 nitrogen and oxygen atoms in total. The number of carbonyl (C=O) groups is 2. The summed E-state index contributed by atoms with van der Waals surface area (Å²) in [5.74, 6) is -0.121. The van der Waals surface area contributed by atoms with E-state index < -0.39 is 11.8 Å². The van der Waals surface area contributed by atoms with Gasteiger partial charge in [-0.1, -0.05) is 6.07 Å². The quantitative estimate of drug-likeness (QED) is 0.794. The van der Waals surface area contributed by atoms with Gasteiger partial charge in [-0.15, -0.1) is 0 Å². The molecule has 1 saturated heterocycles. The number of nitrogens with zero attached hydrogens (tertiary/aromatic N) is 2. The van der Waals surface area contributed by atoms with Gasteiger partial charge in [0.05, 0.1) is 13.0 Å². The topological polar surface area (TPSA) is 85.5 Å². The third-order valence-corrected chi connectivity index (χ3v) is 2.72. The molecule has 0 saturated carbocycles. The van der Waals surface area contributed by atoms with Crippen LogP contribution in [-0.4, -0.2) is 30.5 Å². The van der Waals surface area contributed by atoms with E-state index in [1.165, 1.54) is 12.0 Å². The Labute approximate surface area is 98.4 Å². The Hall–Kier alpha value is -2.11. The monoisotopic (exact) mass is 235 g/mol. The Morgan fingerprint density at radius 3 is 2.94 bits per heavy atom. The second kappa shape index (κ2) is 4.40. The second-order valence-corrected chi connectivity index (χ2v) is 3.85. The van der Waals surface area contributed by atoms with E-state index in [2.05, 4.69) is 4.98 Å². The maximum atomic E-state index is 11.7. The number of methoxy groups -OCH3 is 1. The van der Waals surface area contributed by atoms with E-state index in [4.69, 9.17) is 10.5 Å². The molecule has 1 aromatic heterocycles. The number of carbonyl (C=O) groups excluding carboxylic acids is 2. The number of anilines is 1. The third-order valence-electron chi connectivity index (χ3n) is 2.72. The molecule has 2 amide bonds. The van der Waals surface area contributed by atoms with Crippen LogP contribution in [0.2, 0.25) is 0 Å². The molecule has 2 N–H and O–H groups in total. The molecule has 1 unspecified atom stereocenters. The summed E-state index contributed by atoms with van der Waals surface area (Å²) < 4.78 is 4.98. The van der Waals surface area contributed by atoms with Gasteiger partial charge in [0.1, 0.15) is 5.82 Å². The molecule has 1 atom stereocenters. The fourth-order valence-electron chi connectivity index (χ4n) is 1.79. The van der Waals surface area contributed by atoms with Crippen LogP contribution in [0.5, 0.6) is 5.88 Å².